The molecular weight excluding hydrogens is 309 g/mol. The third-order valence-electron chi connectivity index (χ3n) is 3.32. The third kappa shape index (κ3) is 2.39. The zero-order chi connectivity index (χ0) is 15.0. The van der Waals surface area contributed by atoms with Gasteiger partial charge in [-0.15, -0.1) is 0 Å². The summed E-state index contributed by atoms with van der Waals surface area (Å²) >= 11 is 12.0. The van der Waals surface area contributed by atoms with E-state index < -0.39 is 0 Å². The van der Waals surface area contributed by atoms with Crippen molar-refractivity contribution in [1.82, 2.24) is 4.98 Å². The Kier molecular flexibility index (Phi) is 3.62. The van der Waals surface area contributed by atoms with E-state index in [2.05, 4.69) is 4.98 Å². The predicted molar refractivity (Wildman–Crippen MR) is 84.7 cm³/mol. The van der Waals surface area contributed by atoms with E-state index in [1.54, 1.807) is 30.5 Å². The molecule has 21 heavy (non-hydrogen) atoms. The second kappa shape index (κ2) is 5.43. The molecule has 2 aromatic carbocycles. The Bertz CT molecular complexity index is 839. The summed E-state index contributed by atoms with van der Waals surface area (Å²) in [6.45, 7) is 0. The van der Waals surface area contributed by atoms with Crippen LogP contribution in [0.25, 0.3) is 10.9 Å². The highest BCUT2D eigenvalue weighted by molar-refractivity contribution is 6.36. The van der Waals surface area contributed by atoms with Gasteiger partial charge in [0.2, 0.25) is 0 Å². The van der Waals surface area contributed by atoms with E-state index in [0.717, 1.165) is 10.9 Å². The standard InChI is InChI=1S/C16H11Cl2NO2/c1-21-14-7-9(17)5-6-11(14)16(20)12-8-19-15-10(12)3-2-4-13(15)18/h2-8,19H,1H3. The maximum Gasteiger partial charge on any atom is 0.198 e. The molecule has 5 heteroatoms. The Labute approximate surface area is 131 Å². The van der Waals surface area contributed by atoms with E-state index in [4.69, 9.17) is 27.9 Å². The van der Waals surface area contributed by atoms with E-state index in [9.17, 15) is 4.79 Å². The lowest BCUT2D eigenvalue weighted by molar-refractivity contribution is 0.103. The number of halogens is 2. The highest BCUT2D eigenvalue weighted by Gasteiger charge is 2.19. The molecule has 1 N–H and O–H groups in total. The first-order valence-corrected chi connectivity index (χ1v) is 7.01. The summed E-state index contributed by atoms with van der Waals surface area (Å²) in [5.74, 6) is 0.306. The molecule has 3 aromatic rings. The number of para-hydroxylation sites is 1. The predicted octanol–water partition coefficient (Wildman–Crippen LogP) is 4.71. The number of carbonyl (C=O) groups excluding carboxylic acids is 1. The summed E-state index contributed by atoms with van der Waals surface area (Å²) in [4.78, 5) is 15.8. The Morgan fingerprint density at radius 1 is 1.14 bits per heavy atom. The zero-order valence-electron chi connectivity index (χ0n) is 11.1. The van der Waals surface area contributed by atoms with Crippen molar-refractivity contribution in [2.45, 2.75) is 0 Å². The summed E-state index contributed by atoms with van der Waals surface area (Å²) < 4.78 is 5.24. The average molecular weight is 320 g/mol. The Morgan fingerprint density at radius 2 is 1.95 bits per heavy atom. The lowest BCUT2D eigenvalue weighted by atomic mass is 10.0. The molecule has 1 heterocycles. The number of aromatic nitrogens is 1. The van der Waals surface area contributed by atoms with Gasteiger partial charge in [0.05, 0.1) is 23.2 Å². The molecule has 3 rings (SSSR count). The molecule has 0 saturated carbocycles. The maximum absolute atomic E-state index is 12.7. The van der Waals surface area contributed by atoms with Crippen molar-refractivity contribution in [3.05, 3.63) is 63.8 Å². The number of H-pyrrole nitrogens is 1. The van der Waals surface area contributed by atoms with Gasteiger partial charge >= 0.3 is 0 Å². The molecule has 3 nitrogen and oxygen atoms in total. The van der Waals surface area contributed by atoms with E-state index in [1.807, 2.05) is 12.1 Å². The van der Waals surface area contributed by atoms with E-state index in [-0.39, 0.29) is 5.78 Å². The van der Waals surface area contributed by atoms with Crippen LogP contribution in [0.1, 0.15) is 15.9 Å². The van der Waals surface area contributed by atoms with Crippen molar-refractivity contribution in [3.63, 3.8) is 0 Å². The van der Waals surface area contributed by atoms with Gasteiger partial charge in [-0.3, -0.25) is 4.79 Å². The number of hydrogen-bond donors (Lipinski definition) is 1. The van der Waals surface area contributed by atoms with Crippen LogP contribution in [0.5, 0.6) is 5.75 Å². The van der Waals surface area contributed by atoms with Crippen molar-refractivity contribution in [3.8, 4) is 5.75 Å². The maximum atomic E-state index is 12.7. The fraction of sp³-hybridized carbons (Fsp3) is 0.0625. The number of fused-ring (bicyclic) bond motifs is 1. The summed E-state index contributed by atoms with van der Waals surface area (Å²) in [7, 11) is 1.51. The van der Waals surface area contributed by atoms with Gasteiger partial charge in [-0.25, -0.2) is 0 Å². The van der Waals surface area contributed by atoms with Crippen LogP contribution in [0, 0.1) is 0 Å². The molecule has 0 unspecified atom stereocenters. The normalized spacial score (nSPS) is 10.8. The molecule has 0 aliphatic carbocycles. The van der Waals surface area contributed by atoms with Gasteiger partial charge in [-0.05, 0) is 24.3 Å². The lowest BCUT2D eigenvalue weighted by Crippen LogP contribution is -2.03. The van der Waals surface area contributed by atoms with Crippen LogP contribution >= 0.6 is 23.2 Å². The third-order valence-corrected chi connectivity index (χ3v) is 3.87. The Morgan fingerprint density at radius 3 is 2.71 bits per heavy atom. The molecular formula is C16H11Cl2NO2. The summed E-state index contributed by atoms with van der Waals surface area (Å²) in [5.41, 5.74) is 1.76. The minimum atomic E-state index is -0.142. The fourth-order valence-corrected chi connectivity index (χ4v) is 2.69. The number of aromatic amines is 1. The monoisotopic (exact) mass is 319 g/mol. The van der Waals surface area contributed by atoms with Gasteiger partial charge in [0, 0.05) is 22.2 Å². The van der Waals surface area contributed by atoms with Crippen molar-refractivity contribution in [1.29, 1.82) is 0 Å². The van der Waals surface area contributed by atoms with Crippen LogP contribution in [-0.4, -0.2) is 17.9 Å². The molecule has 0 spiro atoms. The number of methoxy groups -OCH3 is 1. The van der Waals surface area contributed by atoms with Crippen LogP contribution in [-0.2, 0) is 0 Å². The number of hydrogen-bond acceptors (Lipinski definition) is 2. The highest BCUT2D eigenvalue weighted by Crippen LogP contribution is 2.30. The molecule has 0 fully saturated rings. The number of ketones is 1. The van der Waals surface area contributed by atoms with Gasteiger partial charge in [-0.1, -0.05) is 35.3 Å². The van der Waals surface area contributed by atoms with Crippen molar-refractivity contribution in [2.75, 3.05) is 7.11 Å². The summed E-state index contributed by atoms with van der Waals surface area (Å²) in [5, 5.41) is 1.88. The first kappa shape index (κ1) is 14.0. The second-order valence-corrected chi connectivity index (χ2v) is 5.38. The largest absolute Gasteiger partial charge is 0.496 e. The van der Waals surface area contributed by atoms with Crippen molar-refractivity contribution >= 4 is 39.9 Å². The molecule has 0 aliphatic heterocycles. The fourth-order valence-electron chi connectivity index (χ4n) is 2.30. The molecule has 1 aromatic heterocycles. The topological polar surface area (TPSA) is 42.1 Å². The smallest absolute Gasteiger partial charge is 0.198 e. The molecule has 0 saturated heterocycles. The summed E-state index contributed by atoms with van der Waals surface area (Å²) in [6, 6.07) is 10.4. The number of rotatable bonds is 3. The average Bonchev–Trinajstić information content (AvgIpc) is 2.92. The Hall–Kier alpha value is -1.97. The van der Waals surface area contributed by atoms with Crippen LogP contribution in [0.3, 0.4) is 0 Å². The van der Waals surface area contributed by atoms with Crippen LogP contribution in [0.2, 0.25) is 10.0 Å². The molecule has 0 radical (unpaired) electrons. The molecule has 106 valence electrons. The quantitative estimate of drug-likeness (QED) is 0.710. The van der Waals surface area contributed by atoms with Crippen molar-refractivity contribution in [2.24, 2.45) is 0 Å². The van der Waals surface area contributed by atoms with Crippen LogP contribution in [0.15, 0.2) is 42.6 Å². The van der Waals surface area contributed by atoms with Gasteiger partial charge < -0.3 is 9.72 Å². The molecule has 0 bridgehead atoms. The SMILES string of the molecule is COc1cc(Cl)ccc1C(=O)c1c[nH]c2c(Cl)cccc12. The number of benzene rings is 2. The second-order valence-electron chi connectivity index (χ2n) is 4.54. The van der Waals surface area contributed by atoms with E-state index >= 15 is 0 Å². The van der Waals surface area contributed by atoms with E-state index in [1.165, 1.54) is 7.11 Å². The molecule has 0 amide bonds. The lowest BCUT2D eigenvalue weighted by Gasteiger charge is -2.07. The van der Waals surface area contributed by atoms with Gasteiger partial charge in [0.15, 0.2) is 5.78 Å². The van der Waals surface area contributed by atoms with Crippen molar-refractivity contribution < 1.29 is 9.53 Å². The van der Waals surface area contributed by atoms with Gasteiger partial charge in [-0.2, -0.15) is 0 Å². The molecule has 0 aliphatic rings. The highest BCUT2D eigenvalue weighted by atomic mass is 35.5. The number of carbonyl (C=O) groups is 1. The number of ether oxygens (including phenoxy) is 1. The van der Waals surface area contributed by atoms with Gasteiger partial charge in [0.25, 0.3) is 0 Å². The van der Waals surface area contributed by atoms with Crippen LogP contribution in [0.4, 0.5) is 0 Å². The minimum Gasteiger partial charge on any atom is -0.496 e. The van der Waals surface area contributed by atoms with Crippen LogP contribution < -0.4 is 4.74 Å². The van der Waals surface area contributed by atoms with Gasteiger partial charge in [0.1, 0.15) is 5.75 Å². The van der Waals surface area contributed by atoms with E-state index in [0.29, 0.717) is 26.9 Å². The first-order chi connectivity index (χ1) is 10.1. The first-order valence-electron chi connectivity index (χ1n) is 6.25. The minimum absolute atomic E-state index is 0.142. The summed E-state index contributed by atoms with van der Waals surface area (Å²) in [6.07, 6.45) is 1.66. The number of nitrogens with one attached hydrogen (secondary N) is 1. The zero-order valence-corrected chi connectivity index (χ0v) is 12.6. The molecule has 0 atom stereocenters. The Balaban J connectivity index is 2.15.